The lowest BCUT2D eigenvalue weighted by Gasteiger charge is -2.11. The van der Waals surface area contributed by atoms with Gasteiger partial charge in [0.25, 0.3) is 0 Å². The van der Waals surface area contributed by atoms with E-state index in [-0.39, 0.29) is 11.7 Å². The molecule has 0 aliphatic rings. The van der Waals surface area contributed by atoms with Gasteiger partial charge in [-0.15, -0.1) is 11.6 Å². The second kappa shape index (κ2) is 6.53. The molecule has 0 saturated heterocycles. The van der Waals surface area contributed by atoms with Crippen molar-refractivity contribution in [3.63, 3.8) is 0 Å². The molecule has 104 valence electrons. The number of alkyl halides is 1. The fraction of sp³-hybridized carbons (Fsp3) is 0.125. The van der Waals surface area contributed by atoms with Crippen molar-refractivity contribution < 1.29 is 13.5 Å². The topological polar surface area (TPSA) is 9.23 Å². The molecule has 0 aliphatic heterocycles. The Morgan fingerprint density at radius 2 is 1.95 bits per heavy atom. The van der Waals surface area contributed by atoms with Crippen LogP contribution >= 0.6 is 11.6 Å². The number of methoxy groups -OCH3 is 1. The van der Waals surface area contributed by atoms with Gasteiger partial charge >= 0.3 is 0 Å². The molecular weight excluding hydrogens is 282 g/mol. The predicted molar refractivity (Wildman–Crippen MR) is 77.9 cm³/mol. The summed E-state index contributed by atoms with van der Waals surface area (Å²) in [7, 11) is 1.45. The Bertz CT molecular complexity index is 638. The fourth-order valence-electron chi connectivity index (χ4n) is 1.90. The van der Waals surface area contributed by atoms with Crippen LogP contribution in [0.25, 0.3) is 11.6 Å². The molecule has 0 bridgehead atoms. The highest BCUT2D eigenvalue weighted by Crippen LogP contribution is 2.29. The quantitative estimate of drug-likeness (QED) is 0.584. The van der Waals surface area contributed by atoms with Crippen molar-refractivity contribution in [3.8, 4) is 5.75 Å². The lowest BCUT2D eigenvalue weighted by Crippen LogP contribution is -1.94. The minimum absolute atomic E-state index is 0.163. The summed E-state index contributed by atoms with van der Waals surface area (Å²) in [5, 5.41) is 0. The molecule has 0 N–H and O–H groups in total. The molecule has 2 aromatic rings. The van der Waals surface area contributed by atoms with Crippen LogP contribution in [0.5, 0.6) is 5.75 Å². The highest BCUT2D eigenvalue weighted by atomic mass is 35.5. The van der Waals surface area contributed by atoms with Crippen molar-refractivity contribution in [2.45, 2.75) is 0 Å². The van der Waals surface area contributed by atoms with Crippen LogP contribution in [0.3, 0.4) is 0 Å². The first kappa shape index (κ1) is 14.5. The largest absolute Gasteiger partial charge is 0.496 e. The van der Waals surface area contributed by atoms with E-state index in [4.69, 9.17) is 16.3 Å². The Balaban J connectivity index is 2.50. The fourth-order valence-corrected chi connectivity index (χ4v) is 2.12. The highest BCUT2D eigenvalue weighted by molar-refractivity contribution is 6.24. The molecule has 2 aromatic carbocycles. The standard InChI is InChI=1S/C16H13ClF2O/c1-20-16-9-13(18)6-7-14(16)12(10-17)8-11-4-2-3-5-15(11)19/h2-9H,10H2,1H3/b12-8+. The molecule has 0 aliphatic carbocycles. The van der Waals surface area contributed by atoms with E-state index in [0.717, 1.165) is 0 Å². The molecule has 1 nitrogen and oxygen atoms in total. The SMILES string of the molecule is COc1cc(F)ccc1/C(=C/c1ccccc1F)CCl. The zero-order chi connectivity index (χ0) is 14.5. The molecular formula is C16H13ClF2O. The van der Waals surface area contributed by atoms with Gasteiger partial charge in [-0.05, 0) is 29.8 Å². The Hall–Kier alpha value is -1.87. The van der Waals surface area contributed by atoms with E-state index in [0.29, 0.717) is 22.4 Å². The van der Waals surface area contributed by atoms with Gasteiger partial charge in [-0.25, -0.2) is 8.78 Å². The van der Waals surface area contributed by atoms with E-state index >= 15 is 0 Å². The van der Waals surface area contributed by atoms with Crippen molar-refractivity contribution in [1.29, 1.82) is 0 Å². The lowest BCUT2D eigenvalue weighted by molar-refractivity contribution is 0.410. The number of allylic oxidation sites excluding steroid dienone is 1. The van der Waals surface area contributed by atoms with Gasteiger partial charge in [0, 0.05) is 23.1 Å². The van der Waals surface area contributed by atoms with Crippen molar-refractivity contribution in [3.05, 3.63) is 65.2 Å². The van der Waals surface area contributed by atoms with E-state index < -0.39 is 5.82 Å². The molecule has 0 unspecified atom stereocenters. The molecule has 0 spiro atoms. The predicted octanol–water partition coefficient (Wildman–Crippen LogP) is 4.75. The number of hydrogen-bond donors (Lipinski definition) is 0. The van der Waals surface area contributed by atoms with E-state index in [1.54, 1.807) is 30.3 Å². The van der Waals surface area contributed by atoms with Crippen LogP contribution < -0.4 is 4.74 Å². The van der Waals surface area contributed by atoms with Crippen LogP contribution in [-0.4, -0.2) is 13.0 Å². The van der Waals surface area contributed by atoms with E-state index in [1.807, 2.05) is 0 Å². The lowest BCUT2D eigenvalue weighted by atomic mass is 10.0. The monoisotopic (exact) mass is 294 g/mol. The first-order valence-electron chi connectivity index (χ1n) is 6.00. The summed E-state index contributed by atoms with van der Waals surface area (Å²) >= 11 is 5.93. The molecule has 0 saturated carbocycles. The molecule has 0 radical (unpaired) electrons. The van der Waals surface area contributed by atoms with E-state index in [9.17, 15) is 8.78 Å². The smallest absolute Gasteiger partial charge is 0.130 e. The molecule has 20 heavy (non-hydrogen) atoms. The molecule has 4 heteroatoms. The Kier molecular flexibility index (Phi) is 4.74. The summed E-state index contributed by atoms with van der Waals surface area (Å²) < 4.78 is 32.0. The third kappa shape index (κ3) is 3.17. The van der Waals surface area contributed by atoms with Gasteiger partial charge in [-0.1, -0.05) is 18.2 Å². The van der Waals surface area contributed by atoms with Gasteiger partial charge in [0.2, 0.25) is 0 Å². The van der Waals surface area contributed by atoms with Gasteiger partial charge in [-0.2, -0.15) is 0 Å². The van der Waals surface area contributed by atoms with Crippen molar-refractivity contribution in [1.82, 2.24) is 0 Å². The number of benzene rings is 2. The van der Waals surface area contributed by atoms with E-state index in [1.165, 1.54) is 25.3 Å². The summed E-state index contributed by atoms with van der Waals surface area (Å²) in [6.07, 6.45) is 1.64. The first-order chi connectivity index (χ1) is 9.65. The van der Waals surface area contributed by atoms with Gasteiger partial charge in [0.1, 0.15) is 17.4 Å². The molecule has 0 fully saturated rings. The van der Waals surface area contributed by atoms with Crippen molar-refractivity contribution in [2.75, 3.05) is 13.0 Å². The van der Waals surface area contributed by atoms with E-state index in [2.05, 4.69) is 0 Å². The number of hydrogen-bond acceptors (Lipinski definition) is 1. The average Bonchev–Trinajstić information content (AvgIpc) is 2.46. The molecule has 0 aromatic heterocycles. The number of halogens is 3. The minimum Gasteiger partial charge on any atom is -0.496 e. The molecule has 0 amide bonds. The maximum Gasteiger partial charge on any atom is 0.130 e. The Morgan fingerprint density at radius 1 is 1.20 bits per heavy atom. The zero-order valence-corrected chi connectivity index (χ0v) is 11.6. The summed E-state index contributed by atoms with van der Waals surface area (Å²) in [5.74, 6) is -0.203. The molecule has 2 rings (SSSR count). The van der Waals surface area contributed by atoms with Gasteiger partial charge in [-0.3, -0.25) is 0 Å². The van der Waals surface area contributed by atoms with Gasteiger partial charge in [0.15, 0.2) is 0 Å². The van der Waals surface area contributed by atoms with Crippen molar-refractivity contribution >= 4 is 23.3 Å². The normalized spacial score (nSPS) is 11.5. The molecule has 0 heterocycles. The Labute approximate surface area is 121 Å². The maximum atomic E-state index is 13.7. The van der Waals surface area contributed by atoms with Crippen LogP contribution in [-0.2, 0) is 0 Å². The highest BCUT2D eigenvalue weighted by Gasteiger charge is 2.10. The van der Waals surface area contributed by atoms with Crippen LogP contribution in [0.15, 0.2) is 42.5 Å². The van der Waals surface area contributed by atoms with Gasteiger partial charge < -0.3 is 4.74 Å². The second-order valence-corrected chi connectivity index (χ2v) is 4.44. The van der Waals surface area contributed by atoms with Crippen LogP contribution in [0.2, 0.25) is 0 Å². The zero-order valence-electron chi connectivity index (χ0n) is 10.9. The van der Waals surface area contributed by atoms with Crippen molar-refractivity contribution in [2.24, 2.45) is 0 Å². The maximum absolute atomic E-state index is 13.7. The first-order valence-corrected chi connectivity index (χ1v) is 6.54. The summed E-state index contributed by atoms with van der Waals surface area (Å²) in [6, 6.07) is 10.5. The minimum atomic E-state index is -0.398. The third-order valence-electron chi connectivity index (χ3n) is 2.89. The summed E-state index contributed by atoms with van der Waals surface area (Å²) in [6.45, 7) is 0. The summed E-state index contributed by atoms with van der Waals surface area (Å²) in [5.41, 5.74) is 1.73. The van der Waals surface area contributed by atoms with Crippen LogP contribution in [0.1, 0.15) is 11.1 Å². The molecule has 0 atom stereocenters. The second-order valence-electron chi connectivity index (χ2n) is 4.17. The third-order valence-corrected chi connectivity index (χ3v) is 3.18. The van der Waals surface area contributed by atoms with Gasteiger partial charge in [0.05, 0.1) is 7.11 Å². The number of rotatable bonds is 4. The van der Waals surface area contributed by atoms with Crippen LogP contribution in [0, 0.1) is 11.6 Å². The average molecular weight is 295 g/mol. The summed E-state index contributed by atoms with van der Waals surface area (Å²) in [4.78, 5) is 0. The Morgan fingerprint density at radius 3 is 2.60 bits per heavy atom. The number of ether oxygens (including phenoxy) is 1. The van der Waals surface area contributed by atoms with Crippen LogP contribution in [0.4, 0.5) is 8.78 Å².